The number of likely N-dealkylation sites (tertiary alicyclic amines) is 1. The number of nitrogens with zero attached hydrogens (tertiary/aromatic N) is 1. The largest absolute Gasteiger partial charge is 0.475 e. The minimum absolute atomic E-state index is 0.106. The van der Waals surface area contributed by atoms with Crippen LogP contribution in [0.1, 0.15) is 46.8 Å². The molecule has 10 heteroatoms. The standard InChI is InChI=1S/C21H21F6N3O/c1-14-6-4-7-15(12-14)18(31)29-19(20(22,23)24,21(25,26)27)30-11-3-2-9-17(30)16-8-5-10-28-13-16/h4-8,10,12-13,17H,2-3,9,11H2,1H3,(H,29,31)/p+1. The smallest absolute Gasteiger partial charge is 0.291 e. The number of alkyl halides is 6. The molecule has 0 spiro atoms. The Morgan fingerprint density at radius 3 is 2.35 bits per heavy atom. The van der Waals surface area contributed by atoms with Gasteiger partial charge in [0.05, 0.1) is 6.54 Å². The number of amides is 1. The zero-order chi connectivity index (χ0) is 22.9. The fourth-order valence-electron chi connectivity index (χ4n) is 4.19. The Bertz CT molecular complexity index is 899. The van der Waals surface area contributed by atoms with E-state index in [0.29, 0.717) is 12.0 Å². The van der Waals surface area contributed by atoms with E-state index in [9.17, 15) is 31.1 Å². The molecule has 1 aromatic heterocycles. The highest BCUT2D eigenvalue weighted by atomic mass is 19.4. The van der Waals surface area contributed by atoms with Gasteiger partial charge in [0.25, 0.3) is 5.91 Å². The summed E-state index contributed by atoms with van der Waals surface area (Å²) in [6.07, 6.45) is -8.17. The zero-order valence-electron chi connectivity index (χ0n) is 16.6. The average molecular weight is 446 g/mol. The molecule has 168 valence electrons. The van der Waals surface area contributed by atoms with Crippen LogP contribution in [0.3, 0.4) is 0 Å². The number of carbonyl (C=O) groups excluding carboxylic acids is 1. The number of carbonyl (C=O) groups is 1. The Morgan fingerprint density at radius 1 is 1.06 bits per heavy atom. The second kappa shape index (κ2) is 8.49. The summed E-state index contributed by atoms with van der Waals surface area (Å²) in [6.45, 7) is 1.18. The van der Waals surface area contributed by atoms with Crippen molar-refractivity contribution in [3.63, 3.8) is 0 Å². The Morgan fingerprint density at radius 2 is 1.77 bits per heavy atom. The minimum atomic E-state index is -5.79. The van der Waals surface area contributed by atoms with Gasteiger partial charge >= 0.3 is 18.0 Å². The zero-order valence-corrected chi connectivity index (χ0v) is 16.6. The van der Waals surface area contributed by atoms with Crippen molar-refractivity contribution in [3.8, 4) is 0 Å². The molecule has 2 N–H and O–H groups in total. The number of quaternary nitrogens is 1. The van der Waals surface area contributed by atoms with Crippen LogP contribution >= 0.6 is 0 Å². The molecule has 2 atom stereocenters. The van der Waals surface area contributed by atoms with Crippen LogP contribution in [0, 0.1) is 6.92 Å². The quantitative estimate of drug-likeness (QED) is 0.703. The van der Waals surface area contributed by atoms with Crippen LogP contribution in [0.2, 0.25) is 0 Å². The van der Waals surface area contributed by atoms with Crippen molar-refractivity contribution in [1.29, 1.82) is 0 Å². The Hall–Kier alpha value is -2.62. The lowest BCUT2D eigenvalue weighted by atomic mass is 9.91. The number of pyridine rings is 1. The molecule has 1 aliphatic heterocycles. The summed E-state index contributed by atoms with van der Waals surface area (Å²) in [5.74, 6) is -1.43. The molecule has 2 aromatic rings. The molecule has 0 radical (unpaired) electrons. The lowest BCUT2D eigenvalue weighted by Gasteiger charge is -2.47. The first-order valence-corrected chi connectivity index (χ1v) is 9.76. The molecule has 2 heterocycles. The summed E-state index contributed by atoms with van der Waals surface area (Å²) >= 11 is 0. The van der Waals surface area contributed by atoms with Gasteiger partial charge < -0.3 is 0 Å². The third-order valence-electron chi connectivity index (χ3n) is 5.61. The van der Waals surface area contributed by atoms with E-state index in [-0.39, 0.29) is 24.0 Å². The average Bonchev–Trinajstić information content (AvgIpc) is 2.70. The molecule has 1 fully saturated rings. The van der Waals surface area contributed by atoms with Crippen molar-refractivity contribution in [1.82, 2.24) is 10.3 Å². The van der Waals surface area contributed by atoms with E-state index < -0.39 is 41.4 Å². The number of nitrogens with one attached hydrogen (secondary N) is 2. The van der Waals surface area contributed by atoms with Crippen molar-refractivity contribution < 1.29 is 36.0 Å². The summed E-state index contributed by atoms with van der Waals surface area (Å²) < 4.78 is 86.0. The fraction of sp³-hybridized carbons (Fsp3) is 0.429. The molecule has 4 nitrogen and oxygen atoms in total. The van der Waals surface area contributed by atoms with Crippen LogP contribution in [0.5, 0.6) is 0 Å². The molecule has 0 bridgehead atoms. The molecule has 1 saturated heterocycles. The van der Waals surface area contributed by atoms with Gasteiger partial charge in [-0.2, -0.15) is 26.3 Å². The van der Waals surface area contributed by atoms with E-state index in [1.54, 1.807) is 13.0 Å². The summed E-state index contributed by atoms with van der Waals surface area (Å²) in [7, 11) is 0. The molecule has 1 amide bonds. The van der Waals surface area contributed by atoms with Crippen molar-refractivity contribution in [2.24, 2.45) is 0 Å². The van der Waals surface area contributed by atoms with Gasteiger partial charge in [-0.05, 0) is 38.0 Å². The van der Waals surface area contributed by atoms with E-state index in [4.69, 9.17) is 0 Å². The number of hydrogen-bond donors (Lipinski definition) is 2. The number of halogens is 6. The van der Waals surface area contributed by atoms with Crippen LogP contribution in [0.4, 0.5) is 26.3 Å². The maximum Gasteiger partial charge on any atom is 0.475 e. The monoisotopic (exact) mass is 446 g/mol. The first-order chi connectivity index (χ1) is 14.5. The van der Waals surface area contributed by atoms with Crippen LogP contribution in [0.15, 0.2) is 48.8 Å². The molecule has 1 aliphatic rings. The second-order valence-corrected chi connectivity index (χ2v) is 7.68. The molecule has 3 rings (SSSR count). The van der Waals surface area contributed by atoms with Gasteiger partial charge in [-0.15, -0.1) is 0 Å². The van der Waals surface area contributed by atoms with Crippen LogP contribution in [0.25, 0.3) is 0 Å². The minimum Gasteiger partial charge on any atom is -0.291 e. The molecule has 0 aliphatic carbocycles. The molecule has 0 saturated carbocycles. The number of aryl methyl sites for hydroxylation is 1. The van der Waals surface area contributed by atoms with Crippen LogP contribution < -0.4 is 10.2 Å². The summed E-state index contributed by atoms with van der Waals surface area (Å²) in [6, 6.07) is 7.22. The Balaban J connectivity index is 2.14. The Labute approximate surface area is 175 Å². The van der Waals surface area contributed by atoms with Crippen molar-refractivity contribution in [2.75, 3.05) is 6.54 Å². The number of hydrogen-bond acceptors (Lipinski definition) is 2. The highest BCUT2D eigenvalue weighted by molar-refractivity contribution is 5.94. The van der Waals surface area contributed by atoms with Gasteiger partial charge in [0.1, 0.15) is 6.04 Å². The summed E-state index contributed by atoms with van der Waals surface area (Å²) in [4.78, 5) is 15.7. The first kappa shape index (κ1) is 23.1. The first-order valence-electron chi connectivity index (χ1n) is 9.76. The fourth-order valence-corrected chi connectivity index (χ4v) is 4.19. The third-order valence-corrected chi connectivity index (χ3v) is 5.61. The number of benzene rings is 1. The van der Waals surface area contributed by atoms with Gasteiger partial charge in [0.2, 0.25) is 0 Å². The summed E-state index contributed by atoms with van der Waals surface area (Å²) in [5, 5.41) is 1.38. The number of piperidine rings is 1. The normalized spacial score (nSPS) is 20.4. The second-order valence-electron chi connectivity index (χ2n) is 7.68. The van der Waals surface area contributed by atoms with Crippen molar-refractivity contribution >= 4 is 5.91 Å². The molecular formula is C21H22F6N3O+. The van der Waals surface area contributed by atoms with Crippen molar-refractivity contribution in [2.45, 2.75) is 50.2 Å². The summed E-state index contributed by atoms with van der Waals surface area (Å²) in [5.41, 5.74) is -3.94. The van der Waals surface area contributed by atoms with Gasteiger partial charge in [-0.25, -0.2) is 0 Å². The number of rotatable bonds is 4. The molecule has 2 unspecified atom stereocenters. The number of aromatic nitrogens is 1. The van der Waals surface area contributed by atoms with E-state index >= 15 is 0 Å². The highest BCUT2D eigenvalue weighted by Crippen LogP contribution is 2.41. The molecule has 31 heavy (non-hydrogen) atoms. The van der Waals surface area contributed by atoms with E-state index in [0.717, 1.165) is 0 Å². The van der Waals surface area contributed by atoms with Gasteiger partial charge in [0.15, 0.2) is 0 Å². The Kier molecular flexibility index (Phi) is 6.31. The van der Waals surface area contributed by atoms with Gasteiger partial charge in [-0.1, -0.05) is 23.8 Å². The van der Waals surface area contributed by atoms with Gasteiger partial charge in [0, 0.05) is 29.9 Å². The van der Waals surface area contributed by atoms with Gasteiger partial charge in [-0.3, -0.25) is 20.0 Å². The predicted octanol–water partition coefficient (Wildman–Crippen LogP) is 3.75. The predicted molar refractivity (Wildman–Crippen MR) is 100 cm³/mol. The molecular weight excluding hydrogens is 424 g/mol. The third kappa shape index (κ3) is 4.39. The van der Waals surface area contributed by atoms with Crippen LogP contribution in [-0.2, 0) is 0 Å². The van der Waals surface area contributed by atoms with E-state index in [2.05, 4.69) is 4.98 Å². The van der Waals surface area contributed by atoms with E-state index in [1.807, 2.05) is 0 Å². The van der Waals surface area contributed by atoms with Crippen LogP contribution in [-0.4, -0.2) is 35.5 Å². The highest BCUT2D eigenvalue weighted by Gasteiger charge is 2.80. The van der Waals surface area contributed by atoms with Crippen molar-refractivity contribution in [3.05, 3.63) is 65.5 Å². The van der Waals surface area contributed by atoms with E-state index in [1.165, 1.54) is 48.0 Å². The maximum absolute atomic E-state index is 14.3. The SMILES string of the molecule is Cc1cccc(C(=O)NC([NH+]2CCCCC2c2cccnc2)(C(F)(F)F)C(F)(F)F)c1. The topological polar surface area (TPSA) is 46.4 Å². The lowest BCUT2D eigenvalue weighted by molar-refractivity contribution is -1.01. The maximum atomic E-state index is 14.3. The molecule has 1 aromatic carbocycles. The lowest BCUT2D eigenvalue weighted by Crippen LogP contribution is -3.27.